The van der Waals surface area contributed by atoms with Gasteiger partial charge in [-0.15, -0.1) is 0 Å². The first kappa shape index (κ1) is 11.3. The lowest BCUT2D eigenvalue weighted by molar-refractivity contribution is -0.153. The monoisotopic (exact) mass is 295 g/mol. The summed E-state index contributed by atoms with van der Waals surface area (Å²) in [6.07, 6.45) is -3.14. The van der Waals surface area contributed by atoms with Crippen LogP contribution in [0.15, 0.2) is 27.4 Å². The fourth-order valence-corrected chi connectivity index (χ4v) is 1.67. The van der Waals surface area contributed by atoms with E-state index in [1.54, 1.807) is 0 Å². The van der Waals surface area contributed by atoms with Crippen molar-refractivity contribution in [3.63, 3.8) is 0 Å². The molecule has 2 rings (SSSR count). The average molecular weight is 296 g/mol. The normalized spacial score (nSPS) is 12.0. The summed E-state index contributed by atoms with van der Waals surface area (Å²) in [5.41, 5.74) is 0.908. The Balaban J connectivity index is 2.25. The average Bonchev–Trinajstić information content (AvgIpc) is 2.62. The zero-order valence-corrected chi connectivity index (χ0v) is 9.30. The zero-order valence-electron chi connectivity index (χ0n) is 7.71. The van der Waals surface area contributed by atoms with Gasteiger partial charge in [0.05, 0.1) is 4.47 Å². The van der Waals surface area contributed by atoms with Gasteiger partial charge in [-0.3, -0.25) is 0 Å². The Kier molecular flexibility index (Phi) is 2.79. The SMILES string of the molecule is FC(F)(F)COc1cc(Br)c2ocnc2c1. The smallest absolute Gasteiger partial charge is 0.422 e. The largest absolute Gasteiger partial charge is 0.484 e. The van der Waals surface area contributed by atoms with E-state index in [4.69, 9.17) is 4.42 Å². The number of nitrogens with zero attached hydrogens (tertiary/aromatic N) is 1. The molecule has 0 amide bonds. The van der Waals surface area contributed by atoms with Gasteiger partial charge in [0.2, 0.25) is 0 Å². The number of alkyl halides is 3. The highest BCUT2D eigenvalue weighted by molar-refractivity contribution is 9.10. The molecule has 1 heterocycles. The maximum absolute atomic E-state index is 11.9. The maximum atomic E-state index is 11.9. The van der Waals surface area contributed by atoms with E-state index < -0.39 is 12.8 Å². The van der Waals surface area contributed by atoms with Crippen LogP contribution in [0.5, 0.6) is 5.75 Å². The second-order valence-corrected chi connectivity index (χ2v) is 3.86. The molecule has 86 valence electrons. The van der Waals surface area contributed by atoms with Crippen LogP contribution >= 0.6 is 15.9 Å². The molecule has 0 radical (unpaired) electrons. The lowest BCUT2D eigenvalue weighted by Crippen LogP contribution is -2.19. The fourth-order valence-electron chi connectivity index (χ4n) is 1.15. The molecule has 3 nitrogen and oxygen atoms in total. The lowest BCUT2D eigenvalue weighted by Gasteiger charge is -2.09. The van der Waals surface area contributed by atoms with Gasteiger partial charge in [0, 0.05) is 6.07 Å². The van der Waals surface area contributed by atoms with Crippen LogP contribution in [0.2, 0.25) is 0 Å². The Morgan fingerprint density at radius 1 is 1.38 bits per heavy atom. The van der Waals surface area contributed by atoms with Crippen molar-refractivity contribution in [3.8, 4) is 5.75 Å². The third-order valence-electron chi connectivity index (χ3n) is 1.76. The second kappa shape index (κ2) is 3.97. The van der Waals surface area contributed by atoms with Gasteiger partial charge < -0.3 is 9.15 Å². The molecule has 0 unspecified atom stereocenters. The van der Waals surface area contributed by atoms with Crippen molar-refractivity contribution in [2.45, 2.75) is 6.18 Å². The predicted octanol–water partition coefficient (Wildman–Crippen LogP) is 3.53. The number of halogens is 4. The minimum atomic E-state index is -4.36. The molecule has 0 aliphatic rings. The molecule has 0 bridgehead atoms. The van der Waals surface area contributed by atoms with Crippen LogP contribution in [-0.4, -0.2) is 17.8 Å². The van der Waals surface area contributed by atoms with Gasteiger partial charge in [0.1, 0.15) is 11.3 Å². The van der Waals surface area contributed by atoms with Crippen LogP contribution in [0.4, 0.5) is 13.2 Å². The molecule has 2 aromatic rings. The van der Waals surface area contributed by atoms with Gasteiger partial charge in [-0.05, 0) is 22.0 Å². The Morgan fingerprint density at radius 2 is 2.12 bits per heavy atom. The number of aromatic nitrogens is 1. The van der Waals surface area contributed by atoms with Crippen LogP contribution in [0.1, 0.15) is 0 Å². The van der Waals surface area contributed by atoms with Gasteiger partial charge >= 0.3 is 6.18 Å². The van der Waals surface area contributed by atoms with Crippen molar-refractivity contribution in [1.82, 2.24) is 4.98 Å². The van der Waals surface area contributed by atoms with Crippen molar-refractivity contribution < 1.29 is 22.3 Å². The molecule has 0 saturated heterocycles. The van der Waals surface area contributed by atoms with Crippen LogP contribution in [0.25, 0.3) is 11.1 Å². The topological polar surface area (TPSA) is 35.3 Å². The molecule has 0 aliphatic heterocycles. The summed E-state index contributed by atoms with van der Waals surface area (Å²) in [5.74, 6) is 0.0885. The molecule has 7 heteroatoms. The molecule has 0 aliphatic carbocycles. The zero-order chi connectivity index (χ0) is 11.8. The molecule has 16 heavy (non-hydrogen) atoms. The minimum Gasteiger partial charge on any atom is -0.484 e. The third-order valence-corrected chi connectivity index (χ3v) is 2.35. The first-order chi connectivity index (χ1) is 7.46. The Labute approximate surface area is 96.3 Å². The lowest BCUT2D eigenvalue weighted by atomic mass is 10.3. The van der Waals surface area contributed by atoms with Crippen molar-refractivity contribution in [2.75, 3.05) is 6.61 Å². The summed E-state index contributed by atoms with van der Waals surface area (Å²) >= 11 is 3.15. The first-order valence-corrected chi connectivity index (χ1v) is 4.97. The van der Waals surface area contributed by atoms with E-state index in [-0.39, 0.29) is 5.75 Å². The minimum absolute atomic E-state index is 0.0885. The van der Waals surface area contributed by atoms with Gasteiger partial charge in [-0.25, -0.2) is 4.98 Å². The van der Waals surface area contributed by atoms with Gasteiger partial charge in [-0.2, -0.15) is 13.2 Å². The summed E-state index contributed by atoms with van der Waals surface area (Å²) in [4.78, 5) is 3.83. The van der Waals surface area contributed by atoms with Crippen molar-refractivity contribution in [2.24, 2.45) is 0 Å². The fraction of sp³-hybridized carbons (Fsp3) is 0.222. The molecular formula is C9H5BrF3NO2. The summed E-state index contributed by atoms with van der Waals surface area (Å²) < 4.78 is 45.9. The Morgan fingerprint density at radius 3 is 2.81 bits per heavy atom. The van der Waals surface area contributed by atoms with Crippen LogP contribution in [0, 0.1) is 0 Å². The number of hydrogen-bond donors (Lipinski definition) is 0. The Hall–Kier alpha value is -1.24. The second-order valence-electron chi connectivity index (χ2n) is 3.01. The van der Waals surface area contributed by atoms with Crippen molar-refractivity contribution in [3.05, 3.63) is 23.0 Å². The standard InChI is InChI=1S/C9H5BrF3NO2/c10-6-1-5(15-3-9(11,12)13)2-7-8(6)16-4-14-7/h1-2,4H,3H2. The van der Waals surface area contributed by atoms with Crippen LogP contribution < -0.4 is 4.74 Å². The summed E-state index contributed by atoms with van der Waals surface area (Å²) in [5, 5.41) is 0. The molecule has 1 aromatic carbocycles. The summed E-state index contributed by atoms with van der Waals surface area (Å²) in [6, 6.07) is 2.79. The predicted molar refractivity (Wildman–Crippen MR) is 53.3 cm³/mol. The number of benzene rings is 1. The van der Waals surface area contributed by atoms with Crippen LogP contribution in [0.3, 0.4) is 0 Å². The van der Waals surface area contributed by atoms with Gasteiger partial charge in [-0.1, -0.05) is 0 Å². The maximum Gasteiger partial charge on any atom is 0.422 e. The van der Waals surface area contributed by atoms with Crippen LogP contribution in [-0.2, 0) is 0 Å². The third kappa shape index (κ3) is 2.46. The highest BCUT2D eigenvalue weighted by Gasteiger charge is 2.28. The molecule has 0 N–H and O–H groups in total. The molecule has 0 saturated carbocycles. The number of hydrogen-bond acceptors (Lipinski definition) is 3. The van der Waals surface area contributed by atoms with Crippen molar-refractivity contribution in [1.29, 1.82) is 0 Å². The van der Waals surface area contributed by atoms with E-state index >= 15 is 0 Å². The van der Waals surface area contributed by atoms with E-state index in [0.717, 1.165) is 0 Å². The molecule has 0 spiro atoms. The van der Waals surface area contributed by atoms with E-state index in [2.05, 4.69) is 25.7 Å². The Bertz CT molecular complexity index is 509. The highest BCUT2D eigenvalue weighted by Crippen LogP contribution is 2.29. The molecular weight excluding hydrogens is 291 g/mol. The number of fused-ring (bicyclic) bond motifs is 1. The van der Waals surface area contributed by atoms with E-state index in [1.807, 2.05) is 0 Å². The summed E-state index contributed by atoms with van der Waals surface area (Å²) in [7, 11) is 0. The summed E-state index contributed by atoms with van der Waals surface area (Å²) in [6.45, 7) is -1.33. The number of rotatable bonds is 2. The highest BCUT2D eigenvalue weighted by atomic mass is 79.9. The molecule has 0 atom stereocenters. The van der Waals surface area contributed by atoms with Gasteiger partial charge in [0.25, 0.3) is 0 Å². The van der Waals surface area contributed by atoms with E-state index in [9.17, 15) is 13.2 Å². The first-order valence-electron chi connectivity index (χ1n) is 4.18. The number of oxazole rings is 1. The molecule has 1 aromatic heterocycles. The van der Waals surface area contributed by atoms with E-state index in [0.29, 0.717) is 15.6 Å². The van der Waals surface area contributed by atoms with E-state index in [1.165, 1.54) is 18.5 Å². The van der Waals surface area contributed by atoms with Crippen molar-refractivity contribution >= 4 is 27.0 Å². The number of ether oxygens (including phenoxy) is 1. The quantitative estimate of drug-likeness (QED) is 0.850. The molecule has 0 fully saturated rings. The van der Waals surface area contributed by atoms with Gasteiger partial charge in [0.15, 0.2) is 18.6 Å².